The summed E-state index contributed by atoms with van der Waals surface area (Å²) < 4.78 is 3.48. The number of piperidine rings is 1. The first kappa shape index (κ1) is 22.2. The van der Waals surface area contributed by atoms with Crippen molar-refractivity contribution in [3.63, 3.8) is 0 Å². The van der Waals surface area contributed by atoms with Crippen LogP contribution in [0.2, 0.25) is 0 Å². The lowest BCUT2D eigenvalue weighted by Gasteiger charge is -2.37. The molecule has 3 aromatic carbocycles. The quantitative estimate of drug-likeness (QED) is 0.310. The van der Waals surface area contributed by atoms with Crippen LogP contribution in [0, 0.1) is 0 Å². The van der Waals surface area contributed by atoms with Gasteiger partial charge in [0.15, 0.2) is 0 Å². The molecule has 4 nitrogen and oxygen atoms in total. The number of anilines is 1. The van der Waals surface area contributed by atoms with E-state index in [4.69, 9.17) is 4.98 Å². The molecule has 0 amide bonds. The van der Waals surface area contributed by atoms with Gasteiger partial charge in [-0.1, -0.05) is 70.5 Å². The molecule has 1 aromatic heterocycles. The Bertz CT molecular complexity index is 1180. The zero-order valence-electron chi connectivity index (χ0n) is 19.2. The van der Waals surface area contributed by atoms with Gasteiger partial charge in [-0.3, -0.25) is 0 Å². The van der Waals surface area contributed by atoms with Gasteiger partial charge in [-0.05, 0) is 54.7 Å². The number of likely N-dealkylation sites (tertiary alicyclic amines) is 1. The maximum atomic E-state index is 5.06. The van der Waals surface area contributed by atoms with Gasteiger partial charge in [0.2, 0.25) is 5.95 Å². The molecule has 0 aliphatic carbocycles. The van der Waals surface area contributed by atoms with Crippen LogP contribution in [0.3, 0.4) is 0 Å². The minimum Gasteiger partial charge on any atom is -0.342 e. The highest BCUT2D eigenvalue weighted by Gasteiger charge is 2.26. The first-order valence-electron chi connectivity index (χ1n) is 11.9. The number of benzene rings is 3. The molecule has 0 bridgehead atoms. The maximum absolute atomic E-state index is 5.06. The Hall–Kier alpha value is -2.63. The number of nitrogens with zero attached hydrogens (tertiary/aromatic N) is 4. The van der Waals surface area contributed by atoms with Crippen LogP contribution >= 0.6 is 15.9 Å². The van der Waals surface area contributed by atoms with Gasteiger partial charge in [-0.15, -0.1) is 0 Å². The minimum atomic E-state index is 0.512. The van der Waals surface area contributed by atoms with E-state index < -0.39 is 0 Å². The van der Waals surface area contributed by atoms with Crippen LogP contribution < -0.4 is 4.90 Å². The fraction of sp³-hybridized carbons (Fsp3) is 0.321. The lowest BCUT2D eigenvalue weighted by atomic mass is 10.0. The molecule has 1 saturated heterocycles. The summed E-state index contributed by atoms with van der Waals surface area (Å²) in [6.45, 7) is 4.26. The van der Waals surface area contributed by atoms with Crippen LogP contribution in [-0.4, -0.2) is 47.2 Å². The summed E-state index contributed by atoms with van der Waals surface area (Å²) in [6.07, 6.45) is 3.48. The van der Waals surface area contributed by atoms with Crippen molar-refractivity contribution >= 4 is 32.9 Å². The lowest BCUT2D eigenvalue weighted by Crippen LogP contribution is -2.44. The molecule has 1 aliphatic rings. The van der Waals surface area contributed by atoms with E-state index in [1.807, 2.05) is 0 Å². The van der Waals surface area contributed by atoms with Crippen LogP contribution in [-0.2, 0) is 13.0 Å². The minimum absolute atomic E-state index is 0.512. The molecule has 5 rings (SSSR count). The Morgan fingerprint density at radius 1 is 0.879 bits per heavy atom. The molecule has 4 aromatic rings. The molecule has 0 radical (unpaired) electrons. The lowest BCUT2D eigenvalue weighted by molar-refractivity contribution is 0.212. The van der Waals surface area contributed by atoms with E-state index in [9.17, 15) is 0 Å². The van der Waals surface area contributed by atoms with Crippen LogP contribution in [0.5, 0.6) is 0 Å². The second-order valence-electron chi connectivity index (χ2n) is 9.03. The molecular weight excluding hydrogens is 472 g/mol. The van der Waals surface area contributed by atoms with E-state index in [1.54, 1.807) is 0 Å². The Morgan fingerprint density at radius 2 is 1.58 bits per heavy atom. The second-order valence-corrected chi connectivity index (χ2v) is 9.95. The summed E-state index contributed by atoms with van der Waals surface area (Å²) >= 11 is 3.55. The molecule has 170 valence electrons. The van der Waals surface area contributed by atoms with Gasteiger partial charge in [-0.25, -0.2) is 4.98 Å². The third-order valence-electron chi connectivity index (χ3n) is 6.87. The number of hydrogen-bond acceptors (Lipinski definition) is 3. The highest BCUT2D eigenvalue weighted by Crippen LogP contribution is 2.27. The van der Waals surface area contributed by atoms with Crippen LogP contribution in [0.15, 0.2) is 83.3 Å². The van der Waals surface area contributed by atoms with Gasteiger partial charge < -0.3 is 14.4 Å². The molecule has 5 heteroatoms. The van der Waals surface area contributed by atoms with Crippen LogP contribution in [0.25, 0.3) is 11.0 Å². The predicted molar refractivity (Wildman–Crippen MR) is 141 cm³/mol. The summed E-state index contributed by atoms with van der Waals surface area (Å²) in [5.74, 6) is 1.07. The van der Waals surface area contributed by atoms with Gasteiger partial charge in [0.1, 0.15) is 0 Å². The Labute approximate surface area is 205 Å². The van der Waals surface area contributed by atoms with E-state index in [0.29, 0.717) is 6.04 Å². The van der Waals surface area contributed by atoms with Gasteiger partial charge in [-0.2, -0.15) is 0 Å². The largest absolute Gasteiger partial charge is 0.342 e. The fourth-order valence-electron chi connectivity index (χ4n) is 4.89. The van der Waals surface area contributed by atoms with Crippen LogP contribution in [0.4, 0.5) is 5.95 Å². The van der Waals surface area contributed by atoms with E-state index in [2.05, 4.69) is 116 Å². The maximum Gasteiger partial charge on any atom is 0.206 e. The smallest absolute Gasteiger partial charge is 0.206 e. The topological polar surface area (TPSA) is 24.3 Å². The number of aromatic nitrogens is 2. The standard InChI is InChI=1S/C28H31BrN4/c1-31(25-16-19-32(20-17-25)18-15-22-7-3-2-4-8-22)28-30-26-9-5-6-10-27(26)33(28)21-23-11-13-24(29)14-12-23/h2-14,25H,15-21H2,1H3. The van der Waals surface area contributed by atoms with Gasteiger partial charge in [0.05, 0.1) is 17.6 Å². The normalized spacial score (nSPS) is 15.2. The molecule has 2 heterocycles. The van der Waals surface area contributed by atoms with E-state index in [1.165, 1.54) is 29.5 Å². The molecule has 0 N–H and O–H groups in total. The third kappa shape index (κ3) is 5.15. The molecule has 1 fully saturated rings. The van der Waals surface area contributed by atoms with E-state index in [-0.39, 0.29) is 0 Å². The van der Waals surface area contributed by atoms with Crippen molar-refractivity contribution in [3.8, 4) is 0 Å². The number of halogens is 1. The number of rotatable bonds is 7. The Kier molecular flexibility index (Phi) is 6.79. The monoisotopic (exact) mass is 502 g/mol. The number of para-hydroxylation sites is 2. The van der Waals surface area contributed by atoms with Crippen molar-refractivity contribution in [2.24, 2.45) is 0 Å². The van der Waals surface area contributed by atoms with Crippen molar-refractivity contribution in [1.29, 1.82) is 0 Å². The van der Waals surface area contributed by atoms with E-state index in [0.717, 1.165) is 48.5 Å². The average molecular weight is 503 g/mol. The zero-order chi connectivity index (χ0) is 22.6. The second kappa shape index (κ2) is 10.1. The number of fused-ring (bicyclic) bond motifs is 1. The van der Waals surface area contributed by atoms with Gasteiger partial charge in [0, 0.05) is 37.2 Å². The zero-order valence-corrected chi connectivity index (χ0v) is 20.8. The van der Waals surface area contributed by atoms with Crippen molar-refractivity contribution in [2.75, 3.05) is 31.6 Å². The first-order chi connectivity index (χ1) is 16.2. The fourth-order valence-corrected chi connectivity index (χ4v) is 5.15. The van der Waals surface area contributed by atoms with E-state index >= 15 is 0 Å². The van der Waals surface area contributed by atoms with Gasteiger partial charge >= 0.3 is 0 Å². The molecule has 0 saturated carbocycles. The molecule has 0 unspecified atom stereocenters. The Balaban J connectivity index is 1.29. The summed E-state index contributed by atoms with van der Waals surface area (Å²) in [5.41, 5.74) is 4.98. The third-order valence-corrected chi connectivity index (χ3v) is 7.40. The van der Waals surface area contributed by atoms with Gasteiger partial charge in [0.25, 0.3) is 0 Å². The summed E-state index contributed by atoms with van der Waals surface area (Å²) in [5, 5.41) is 0. The molecule has 33 heavy (non-hydrogen) atoms. The number of imidazole rings is 1. The Morgan fingerprint density at radius 3 is 2.33 bits per heavy atom. The molecular formula is C28H31BrN4. The number of hydrogen-bond donors (Lipinski definition) is 0. The summed E-state index contributed by atoms with van der Waals surface area (Å²) in [6, 6.07) is 28.4. The molecule has 0 atom stereocenters. The molecule has 0 spiro atoms. The van der Waals surface area contributed by atoms with Crippen molar-refractivity contribution in [3.05, 3.63) is 94.5 Å². The molecule has 1 aliphatic heterocycles. The summed E-state index contributed by atoms with van der Waals surface area (Å²) in [7, 11) is 2.23. The SMILES string of the molecule is CN(c1nc2ccccc2n1Cc1ccc(Br)cc1)C1CCN(CCc2ccccc2)CC1. The summed E-state index contributed by atoms with van der Waals surface area (Å²) in [4.78, 5) is 10.1. The van der Waals surface area contributed by atoms with Crippen molar-refractivity contribution < 1.29 is 0 Å². The average Bonchev–Trinajstić information content (AvgIpc) is 3.23. The first-order valence-corrected chi connectivity index (χ1v) is 12.7. The predicted octanol–water partition coefficient (Wildman–Crippen LogP) is 5.99. The highest BCUT2D eigenvalue weighted by molar-refractivity contribution is 9.10. The highest BCUT2D eigenvalue weighted by atomic mass is 79.9. The van der Waals surface area contributed by atoms with Crippen LogP contribution in [0.1, 0.15) is 24.0 Å². The van der Waals surface area contributed by atoms with Crippen molar-refractivity contribution in [2.45, 2.75) is 31.8 Å². The van der Waals surface area contributed by atoms with Crippen molar-refractivity contribution in [1.82, 2.24) is 14.5 Å².